The molecular weight excluding hydrogens is 431 g/mol. The number of fused-ring (bicyclic) bond motifs is 1. The first-order chi connectivity index (χ1) is 14.4. The van der Waals surface area contributed by atoms with E-state index in [1.807, 2.05) is 0 Å². The van der Waals surface area contributed by atoms with E-state index in [9.17, 15) is 18.9 Å². The monoisotopic (exact) mass is 460 g/mol. The summed E-state index contributed by atoms with van der Waals surface area (Å²) < 4.78 is 41.9. The average molecular weight is 460 g/mol. The minimum Gasteiger partial charge on any atom is -0.463 e. The number of rotatable bonds is 7. The van der Waals surface area contributed by atoms with Gasteiger partial charge in [-0.2, -0.15) is 0 Å². The molecule has 0 aliphatic carbocycles. The van der Waals surface area contributed by atoms with Crippen molar-refractivity contribution in [2.45, 2.75) is 65.6 Å². The third-order valence-electron chi connectivity index (χ3n) is 5.15. The molecule has 0 amide bonds. The zero-order chi connectivity index (χ0) is 23.0. The van der Waals surface area contributed by atoms with E-state index < -0.39 is 42.9 Å². The topological polar surface area (TPSA) is 135 Å². The van der Waals surface area contributed by atoms with Crippen molar-refractivity contribution in [1.29, 1.82) is 0 Å². The van der Waals surface area contributed by atoms with Crippen molar-refractivity contribution < 1.29 is 32.4 Å². The molecule has 0 saturated carbocycles. The number of nitrogens with one attached hydrogen (secondary N) is 1. The summed E-state index contributed by atoms with van der Waals surface area (Å²) in [7, 11) is -3.90. The van der Waals surface area contributed by atoms with E-state index in [1.54, 1.807) is 34.6 Å². The highest BCUT2D eigenvalue weighted by Gasteiger charge is 2.58. The van der Waals surface area contributed by atoms with Crippen LogP contribution in [0.4, 0.5) is 0 Å². The second-order valence-electron chi connectivity index (χ2n) is 8.78. The highest BCUT2D eigenvalue weighted by Crippen LogP contribution is 2.60. The van der Waals surface area contributed by atoms with Crippen LogP contribution in [0.25, 0.3) is 0 Å². The lowest BCUT2D eigenvalue weighted by Gasteiger charge is -2.36. The van der Waals surface area contributed by atoms with Crippen LogP contribution in [0.1, 0.15) is 47.3 Å². The number of hydrogen-bond acceptors (Lipinski definition) is 9. The van der Waals surface area contributed by atoms with E-state index >= 15 is 0 Å². The Morgan fingerprint density at radius 2 is 2.06 bits per heavy atom. The van der Waals surface area contributed by atoms with Crippen LogP contribution < -0.4 is 11.2 Å². The standard InChI is InChI=1S/C19H29N2O9P/c1-11(2)28-15(23)8-12(3)9-26-31(25)27-10-13-16(30-31)19(4,5)17(29-13)21-7-6-14(22)20-18(21)24/h6-7,11-13,16-17H,8-10H2,1-5H3,(H,20,22,24)/t12?,13-,16-,17-,31?/m1/s1. The van der Waals surface area contributed by atoms with Crippen LogP contribution in [0, 0.1) is 11.3 Å². The van der Waals surface area contributed by atoms with Gasteiger partial charge < -0.3 is 9.47 Å². The summed E-state index contributed by atoms with van der Waals surface area (Å²) in [6.07, 6.45) is -0.796. The quantitative estimate of drug-likeness (QED) is 0.478. The van der Waals surface area contributed by atoms with Crippen molar-refractivity contribution in [3.8, 4) is 0 Å². The van der Waals surface area contributed by atoms with Crippen molar-refractivity contribution in [3.05, 3.63) is 33.1 Å². The highest BCUT2D eigenvalue weighted by atomic mass is 31.2. The number of nitrogens with zero attached hydrogens (tertiary/aromatic N) is 1. The van der Waals surface area contributed by atoms with E-state index in [4.69, 9.17) is 23.0 Å². The number of aromatic nitrogens is 2. The van der Waals surface area contributed by atoms with E-state index in [-0.39, 0.29) is 37.6 Å². The Morgan fingerprint density at radius 3 is 2.71 bits per heavy atom. The normalized spacial score (nSPS) is 30.7. The van der Waals surface area contributed by atoms with Gasteiger partial charge in [0.05, 0.1) is 25.7 Å². The molecular formula is C19H29N2O9P. The number of aromatic amines is 1. The molecule has 3 rings (SSSR count). The maximum atomic E-state index is 13.0. The zero-order valence-electron chi connectivity index (χ0n) is 18.2. The first kappa shape index (κ1) is 23.9. The first-order valence-corrected chi connectivity index (χ1v) is 11.6. The maximum Gasteiger partial charge on any atom is 0.475 e. The fraction of sp³-hybridized carbons (Fsp3) is 0.737. The molecule has 3 heterocycles. The van der Waals surface area contributed by atoms with Crippen LogP contribution in [-0.2, 0) is 32.4 Å². The second kappa shape index (κ2) is 8.99. The molecule has 5 atom stereocenters. The van der Waals surface area contributed by atoms with Crippen LogP contribution in [-0.4, -0.2) is 47.0 Å². The lowest BCUT2D eigenvalue weighted by Crippen LogP contribution is -2.42. The lowest BCUT2D eigenvalue weighted by molar-refractivity contribution is -0.148. The summed E-state index contributed by atoms with van der Waals surface area (Å²) in [4.78, 5) is 37.5. The van der Waals surface area contributed by atoms with Gasteiger partial charge in [-0.15, -0.1) is 0 Å². The molecule has 0 bridgehead atoms. The molecule has 1 N–H and O–H groups in total. The molecule has 2 aliphatic rings. The number of carbonyl (C=O) groups is 1. The van der Waals surface area contributed by atoms with Crippen LogP contribution in [0.2, 0.25) is 0 Å². The molecule has 11 nitrogen and oxygen atoms in total. The molecule has 0 radical (unpaired) electrons. The Hall–Kier alpha value is -1.78. The summed E-state index contributed by atoms with van der Waals surface area (Å²) in [5.74, 6) is -0.628. The van der Waals surface area contributed by atoms with Gasteiger partial charge in [-0.3, -0.25) is 32.7 Å². The van der Waals surface area contributed by atoms with Gasteiger partial charge in [0, 0.05) is 17.7 Å². The Kier molecular flexibility index (Phi) is 6.93. The van der Waals surface area contributed by atoms with Gasteiger partial charge in [-0.05, 0) is 19.8 Å². The highest BCUT2D eigenvalue weighted by molar-refractivity contribution is 7.48. The van der Waals surface area contributed by atoms with E-state index in [0.29, 0.717) is 0 Å². The number of phosphoric ester groups is 1. The van der Waals surface area contributed by atoms with Gasteiger partial charge in [0.2, 0.25) is 0 Å². The first-order valence-electron chi connectivity index (χ1n) is 10.1. The van der Waals surface area contributed by atoms with Crippen LogP contribution in [0.15, 0.2) is 21.9 Å². The lowest BCUT2D eigenvalue weighted by atomic mass is 9.84. The predicted molar refractivity (Wildman–Crippen MR) is 108 cm³/mol. The van der Waals surface area contributed by atoms with Crippen LogP contribution in [0.3, 0.4) is 0 Å². The van der Waals surface area contributed by atoms with Gasteiger partial charge in [0.25, 0.3) is 5.56 Å². The Morgan fingerprint density at radius 1 is 1.35 bits per heavy atom. The predicted octanol–water partition coefficient (Wildman–Crippen LogP) is 1.98. The smallest absolute Gasteiger partial charge is 0.463 e. The minimum atomic E-state index is -3.90. The van der Waals surface area contributed by atoms with E-state index in [1.165, 1.54) is 16.8 Å². The van der Waals surface area contributed by atoms with Crippen LogP contribution >= 0.6 is 7.82 Å². The fourth-order valence-electron chi connectivity index (χ4n) is 3.67. The van der Waals surface area contributed by atoms with Gasteiger partial charge in [0.15, 0.2) is 0 Å². The van der Waals surface area contributed by atoms with E-state index in [0.717, 1.165) is 0 Å². The molecule has 12 heteroatoms. The average Bonchev–Trinajstić information content (AvgIpc) is 2.90. The number of hydrogen-bond donors (Lipinski definition) is 1. The van der Waals surface area contributed by atoms with Gasteiger partial charge >= 0.3 is 19.5 Å². The summed E-state index contributed by atoms with van der Waals surface area (Å²) in [5, 5.41) is 0. The molecule has 31 heavy (non-hydrogen) atoms. The molecule has 2 aliphatic heterocycles. The minimum absolute atomic E-state index is 0.0219. The summed E-state index contributed by atoms with van der Waals surface area (Å²) in [6, 6.07) is 1.22. The van der Waals surface area contributed by atoms with Gasteiger partial charge in [0.1, 0.15) is 18.4 Å². The van der Waals surface area contributed by atoms with Gasteiger partial charge in [-0.25, -0.2) is 9.36 Å². The third kappa shape index (κ3) is 5.35. The molecule has 1 aromatic rings. The Labute approximate surface area is 179 Å². The summed E-state index contributed by atoms with van der Waals surface area (Å²) in [5.41, 5.74) is -1.92. The Bertz CT molecular complexity index is 970. The molecule has 2 fully saturated rings. The van der Waals surface area contributed by atoms with Crippen molar-refractivity contribution >= 4 is 13.8 Å². The molecule has 1 aromatic heterocycles. The largest absolute Gasteiger partial charge is 0.475 e. The molecule has 2 unspecified atom stereocenters. The molecule has 2 saturated heterocycles. The fourth-order valence-corrected chi connectivity index (χ4v) is 5.32. The number of esters is 1. The molecule has 0 spiro atoms. The number of carbonyl (C=O) groups excluding carboxylic acids is 1. The van der Waals surface area contributed by atoms with Crippen molar-refractivity contribution in [1.82, 2.24) is 9.55 Å². The maximum absolute atomic E-state index is 13.0. The van der Waals surface area contributed by atoms with E-state index in [2.05, 4.69) is 4.98 Å². The summed E-state index contributed by atoms with van der Waals surface area (Å²) in [6.45, 7) is 8.83. The molecule has 0 aromatic carbocycles. The Balaban J connectivity index is 1.66. The van der Waals surface area contributed by atoms with Gasteiger partial charge in [-0.1, -0.05) is 20.8 Å². The van der Waals surface area contributed by atoms with Crippen molar-refractivity contribution in [3.63, 3.8) is 0 Å². The third-order valence-corrected chi connectivity index (χ3v) is 6.57. The zero-order valence-corrected chi connectivity index (χ0v) is 19.1. The van der Waals surface area contributed by atoms with Crippen molar-refractivity contribution in [2.75, 3.05) is 13.2 Å². The SMILES string of the molecule is CC(COP1(=O)OC[C@H]2O[C@@H](n3ccc(=O)[nH]c3=O)C(C)(C)[C@@H]2O1)CC(=O)OC(C)C. The van der Waals surface area contributed by atoms with Crippen LogP contribution in [0.5, 0.6) is 0 Å². The molecule has 174 valence electrons. The number of ether oxygens (including phenoxy) is 2. The summed E-state index contributed by atoms with van der Waals surface area (Å²) >= 11 is 0. The van der Waals surface area contributed by atoms with Crippen molar-refractivity contribution in [2.24, 2.45) is 11.3 Å². The second-order valence-corrected chi connectivity index (χ2v) is 10.4. The number of H-pyrrole nitrogens is 1. The number of phosphoric acid groups is 1.